The lowest BCUT2D eigenvalue weighted by atomic mass is 9.94. The predicted molar refractivity (Wildman–Crippen MR) is 72.6 cm³/mol. The number of benzene rings is 1. The van der Waals surface area contributed by atoms with Crippen LogP contribution in [-0.4, -0.2) is 17.3 Å². The first-order valence-electron chi connectivity index (χ1n) is 6.12. The van der Waals surface area contributed by atoms with Crippen LogP contribution in [0, 0.1) is 12.7 Å². The van der Waals surface area contributed by atoms with Crippen molar-refractivity contribution in [2.24, 2.45) is 0 Å². The molecule has 0 heterocycles. The third-order valence-corrected chi connectivity index (χ3v) is 3.94. The van der Waals surface area contributed by atoms with Crippen molar-refractivity contribution in [1.29, 1.82) is 0 Å². The third kappa shape index (κ3) is 3.22. The standard InChI is InChI=1S/C14H19ClFNO/c1-4-14(5-2,9-15)17-13(18)12-8-11(16)7-6-10(12)3/h6-8H,4-5,9H2,1-3H3,(H,17,18). The summed E-state index contributed by atoms with van der Waals surface area (Å²) in [5, 5.41) is 2.93. The van der Waals surface area contributed by atoms with E-state index in [0.29, 0.717) is 11.4 Å². The molecule has 0 saturated heterocycles. The number of alkyl halides is 1. The van der Waals surface area contributed by atoms with Gasteiger partial charge in [0.1, 0.15) is 5.82 Å². The van der Waals surface area contributed by atoms with Gasteiger partial charge in [0, 0.05) is 11.4 Å². The average Bonchev–Trinajstić information content (AvgIpc) is 2.38. The van der Waals surface area contributed by atoms with Gasteiger partial charge in [0.2, 0.25) is 0 Å². The van der Waals surface area contributed by atoms with Crippen LogP contribution >= 0.6 is 11.6 Å². The van der Waals surface area contributed by atoms with E-state index < -0.39 is 11.4 Å². The highest BCUT2D eigenvalue weighted by molar-refractivity contribution is 6.19. The third-order valence-electron chi connectivity index (χ3n) is 3.43. The van der Waals surface area contributed by atoms with Gasteiger partial charge in [0.05, 0.1) is 5.54 Å². The lowest BCUT2D eigenvalue weighted by Crippen LogP contribution is -2.49. The summed E-state index contributed by atoms with van der Waals surface area (Å²) in [5.41, 5.74) is 0.702. The van der Waals surface area contributed by atoms with E-state index in [1.165, 1.54) is 12.1 Å². The molecule has 0 unspecified atom stereocenters. The molecule has 0 fully saturated rings. The highest BCUT2D eigenvalue weighted by atomic mass is 35.5. The summed E-state index contributed by atoms with van der Waals surface area (Å²) in [4.78, 5) is 12.2. The van der Waals surface area contributed by atoms with E-state index in [1.54, 1.807) is 13.0 Å². The van der Waals surface area contributed by atoms with Crippen molar-refractivity contribution < 1.29 is 9.18 Å². The minimum absolute atomic E-state index is 0.267. The average molecular weight is 272 g/mol. The van der Waals surface area contributed by atoms with Gasteiger partial charge in [-0.15, -0.1) is 11.6 Å². The Kier molecular flexibility index (Phi) is 5.15. The summed E-state index contributed by atoms with van der Waals surface area (Å²) in [6.45, 7) is 5.74. The molecule has 0 aliphatic carbocycles. The van der Waals surface area contributed by atoms with Crippen molar-refractivity contribution in [1.82, 2.24) is 5.32 Å². The van der Waals surface area contributed by atoms with E-state index >= 15 is 0 Å². The van der Waals surface area contributed by atoms with Crippen molar-refractivity contribution >= 4 is 17.5 Å². The molecule has 0 bridgehead atoms. The number of amides is 1. The van der Waals surface area contributed by atoms with E-state index in [1.807, 2.05) is 13.8 Å². The molecule has 0 saturated carbocycles. The molecule has 2 nitrogen and oxygen atoms in total. The second-order valence-electron chi connectivity index (χ2n) is 4.53. The van der Waals surface area contributed by atoms with Gasteiger partial charge in [-0.05, 0) is 37.5 Å². The van der Waals surface area contributed by atoms with Crippen LogP contribution in [0.15, 0.2) is 18.2 Å². The monoisotopic (exact) mass is 271 g/mol. The second kappa shape index (κ2) is 6.19. The number of nitrogens with one attached hydrogen (secondary N) is 1. The Bertz CT molecular complexity index is 422. The number of hydrogen-bond donors (Lipinski definition) is 1. The molecule has 1 amide bonds. The molecule has 100 valence electrons. The van der Waals surface area contributed by atoms with Crippen LogP contribution in [0.5, 0.6) is 0 Å². The zero-order chi connectivity index (χ0) is 13.8. The molecule has 0 aliphatic rings. The zero-order valence-corrected chi connectivity index (χ0v) is 11.8. The van der Waals surface area contributed by atoms with Gasteiger partial charge < -0.3 is 5.32 Å². The molecule has 1 rings (SSSR count). The first-order valence-corrected chi connectivity index (χ1v) is 6.66. The van der Waals surface area contributed by atoms with Gasteiger partial charge >= 0.3 is 0 Å². The number of carbonyl (C=O) groups is 1. The van der Waals surface area contributed by atoms with Gasteiger partial charge in [0.25, 0.3) is 5.91 Å². The highest BCUT2D eigenvalue weighted by Gasteiger charge is 2.27. The molecular weight excluding hydrogens is 253 g/mol. The topological polar surface area (TPSA) is 29.1 Å². The quantitative estimate of drug-likeness (QED) is 0.814. The van der Waals surface area contributed by atoms with Crippen LogP contribution in [0.25, 0.3) is 0 Å². The Morgan fingerprint density at radius 3 is 2.50 bits per heavy atom. The molecule has 0 aliphatic heterocycles. The molecule has 1 aromatic rings. The Labute approximate surface area is 113 Å². The van der Waals surface area contributed by atoms with E-state index in [-0.39, 0.29) is 5.91 Å². The van der Waals surface area contributed by atoms with E-state index in [9.17, 15) is 9.18 Å². The summed E-state index contributed by atoms with van der Waals surface area (Å²) < 4.78 is 13.2. The van der Waals surface area contributed by atoms with Crippen molar-refractivity contribution in [3.05, 3.63) is 35.1 Å². The van der Waals surface area contributed by atoms with Crippen LogP contribution in [0.1, 0.15) is 42.6 Å². The Hall–Kier alpha value is -1.09. The van der Waals surface area contributed by atoms with E-state index in [4.69, 9.17) is 11.6 Å². The van der Waals surface area contributed by atoms with Crippen LogP contribution in [0.2, 0.25) is 0 Å². The second-order valence-corrected chi connectivity index (χ2v) is 4.80. The molecule has 0 radical (unpaired) electrons. The maximum atomic E-state index is 13.2. The van der Waals surface area contributed by atoms with Crippen LogP contribution in [-0.2, 0) is 0 Å². The normalized spacial score (nSPS) is 11.4. The minimum atomic E-state index is -0.419. The fourth-order valence-corrected chi connectivity index (χ4v) is 2.24. The van der Waals surface area contributed by atoms with Crippen LogP contribution < -0.4 is 5.32 Å². The largest absolute Gasteiger partial charge is 0.345 e. The fourth-order valence-electron chi connectivity index (χ4n) is 1.80. The maximum absolute atomic E-state index is 13.2. The molecule has 0 spiro atoms. The summed E-state index contributed by atoms with van der Waals surface area (Å²) >= 11 is 5.94. The van der Waals surface area contributed by atoms with Gasteiger partial charge in [-0.25, -0.2) is 4.39 Å². The van der Waals surface area contributed by atoms with Gasteiger partial charge in [-0.2, -0.15) is 0 Å². The number of halogens is 2. The molecule has 1 aromatic carbocycles. The zero-order valence-electron chi connectivity index (χ0n) is 11.0. The molecular formula is C14H19ClFNO. The molecule has 1 N–H and O–H groups in total. The van der Waals surface area contributed by atoms with E-state index in [2.05, 4.69) is 5.32 Å². The van der Waals surface area contributed by atoms with Gasteiger partial charge in [-0.1, -0.05) is 19.9 Å². The molecule has 4 heteroatoms. The van der Waals surface area contributed by atoms with Gasteiger partial charge in [-0.3, -0.25) is 4.79 Å². The summed E-state index contributed by atoms with van der Waals surface area (Å²) in [6.07, 6.45) is 1.49. The van der Waals surface area contributed by atoms with Gasteiger partial charge in [0.15, 0.2) is 0 Å². The minimum Gasteiger partial charge on any atom is -0.345 e. The first-order chi connectivity index (χ1) is 8.48. The van der Waals surface area contributed by atoms with E-state index in [0.717, 1.165) is 18.4 Å². The SMILES string of the molecule is CCC(CC)(CCl)NC(=O)c1cc(F)ccc1C. The number of rotatable bonds is 5. The first kappa shape index (κ1) is 15.0. The van der Waals surface area contributed by atoms with Crippen molar-refractivity contribution in [2.45, 2.75) is 39.2 Å². The van der Waals surface area contributed by atoms with Crippen LogP contribution in [0.3, 0.4) is 0 Å². The fraction of sp³-hybridized carbons (Fsp3) is 0.500. The Morgan fingerprint density at radius 2 is 2.00 bits per heavy atom. The van der Waals surface area contributed by atoms with Crippen molar-refractivity contribution in [2.75, 3.05) is 5.88 Å². The Morgan fingerprint density at radius 1 is 1.39 bits per heavy atom. The predicted octanol–water partition coefficient (Wildman–Crippen LogP) is 3.66. The smallest absolute Gasteiger partial charge is 0.252 e. The summed E-state index contributed by atoms with van der Waals surface area (Å²) in [5.74, 6) is -0.327. The summed E-state index contributed by atoms with van der Waals surface area (Å²) in [6, 6.07) is 4.21. The number of aryl methyl sites for hydroxylation is 1. The lowest BCUT2D eigenvalue weighted by molar-refractivity contribution is 0.0901. The molecule has 0 aromatic heterocycles. The lowest BCUT2D eigenvalue weighted by Gasteiger charge is -2.30. The van der Waals surface area contributed by atoms with Crippen molar-refractivity contribution in [3.8, 4) is 0 Å². The Balaban J connectivity index is 2.97. The highest BCUT2D eigenvalue weighted by Crippen LogP contribution is 2.19. The molecule has 18 heavy (non-hydrogen) atoms. The summed E-state index contributed by atoms with van der Waals surface area (Å²) in [7, 11) is 0. The molecule has 0 atom stereocenters. The maximum Gasteiger partial charge on any atom is 0.252 e. The number of carbonyl (C=O) groups excluding carboxylic acids is 1. The van der Waals surface area contributed by atoms with Crippen LogP contribution in [0.4, 0.5) is 4.39 Å². The number of hydrogen-bond acceptors (Lipinski definition) is 1. The van der Waals surface area contributed by atoms with Crippen molar-refractivity contribution in [3.63, 3.8) is 0 Å².